The van der Waals surface area contributed by atoms with Crippen LogP contribution in [-0.4, -0.2) is 27.2 Å². The molecule has 3 rings (SSSR count). The van der Waals surface area contributed by atoms with E-state index < -0.39 is 0 Å². The van der Waals surface area contributed by atoms with Crippen LogP contribution in [0.5, 0.6) is 0 Å². The van der Waals surface area contributed by atoms with E-state index in [-0.39, 0.29) is 0 Å². The highest BCUT2D eigenvalue weighted by molar-refractivity contribution is 5.40. The molecule has 2 aromatic rings. The van der Waals surface area contributed by atoms with Gasteiger partial charge < -0.3 is 5.32 Å². The Kier molecular flexibility index (Phi) is 2.36. The van der Waals surface area contributed by atoms with Gasteiger partial charge in [-0.25, -0.2) is 9.50 Å². The minimum Gasteiger partial charge on any atom is -0.314 e. The summed E-state index contributed by atoms with van der Waals surface area (Å²) in [7, 11) is 0. The smallest absolute Gasteiger partial charge is 0.155 e. The quantitative estimate of drug-likeness (QED) is 0.823. The molecule has 3 heterocycles. The summed E-state index contributed by atoms with van der Waals surface area (Å²) < 4.78 is 1.92. The van der Waals surface area contributed by atoms with Crippen molar-refractivity contribution >= 4 is 5.65 Å². The summed E-state index contributed by atoms with van der Waals surface area (Å²) in [6, 6.07) is 4.68. The number of rotatable bonds is 2. The number of fused-ring (bicyclic) bond motifs is 1. The lowest BCUT2D eigenvalue weighted by Crippen LogP contribution is -2.23. The summed E-state index contributed by atoms with van der Waals surface area (Å²) >= 11 is 0. The minimum atomic E-state index is 0.602. The van der Waals surface area contributed by atoms with Gasteiger partial charge in [0, 0.05) is 30.4 Å². The number of nitrogens with zero attached hydrogens (tertiary/aromatic N) is 3. The first-order valence-electron chi connectivity index (χ1n) is 5.86. The van der Waals surface area contributed by atoms with E-state index >= 15 is 0 Å². The first-order valence-corrected chi connectivity index (χ1v) is 5.86. The first kappa shape index (κ1) is 9.78. The highest BCUT2D eigenvalue weighted by Crippen LogP contribution is 2.13. The van der Waals surface area contributed by atoms with Gasteiger partial charge >= 0.3 is 0 Å². The van der Waals surface area contributed by atoms with E-state index in [1.165, 1.54) is 12.8 Å². The third-order valence-corrected chi connectivity index (χ3v) is 3.22. The molecule has 0 bridgehead atoms. The van der Waals surface area contributed by atoms with Gasteiger partial charge in [-0.15, -0.1) is 0 Å². The van der Waals surface area contributed by atoms with E-state index in [9.17, 15) is 0 Å². The highest BCUT2D eigenvalue weighted by atomic mass is 15.3. The molecule has 1 saturated heterocycles. The van der Waals surface area contributed by atoms with Gasteiger partial charge in [-0.3, -0.25) is 0 Å². The molecular weight excluding hydrogens is 200 g/mol. The predicted molar refractivity (Wildman–Crippen MR) is 62.5 cm³/mol. The molecule has 84 valence electrons. The van der Waals surface area contributed by atoms with Crippen LogP contribution in [0.2, 0.25) is 0 Å². The van der Waals surface area contributed by atoms with Gasteiger partial charge in [-0.05, 0) is 32.4 Å². The van der Waals surface area contributed by atoms with Crippen LogP contribution in [0.1, 0.15) is 24.2 Å². The molecule has 0 radical (unpaired) electrons. The van der Waals surface area contributed by atoms with Gasteiger partial charge in [0.05, 0.1) is 5.69 Å². The van der Waals surface area contributed by atoms with Crippen LogP contribution in [0.25, 0.3) is 5.65 Å². The van der Waals surface area contributed by atoms with Gasteiger partial charge in [-0.1, -0.05) is 0 Å². The van der Waals surface area contributed by atoms with Gasteiger partial charge in [-0.2, -0.15) is 5.10 Å². The molecule has 0 amide bonds. The summed E-state index contributed by atoms with van der Waals surface area (Å²) in [5.74, 6) is 0. The van der Waals surface area contributed by atoms with Crippen LogP contribution in [0.3, 0.4) is 0 Å². The molecule has 2 aromatic heterocycles. The minimum absolute atomic E-state index is 0.602. The van der Waals surface area contributed by atoms with Gasteiger partial charge in [0.1, 0.15) is 0 Å². The predicted octanol–water partition coefficient (Wildman–Crippen LogP) is 1.33. The van der Waals surface area contributed by atoms with Crippen molar-refractivity contribution in [2.24, 2.45) is 0 Å². The second kappa shape index (κ2) is 3.87. The van der Waals surface area contributed by atoms with Crippen molar-refractivity contribution in [3.05, 3.63) is 29.7 Å². The summed E-state index contributed by atoms with van der Waals surface area (Å²) in [6.45, 7) is 3.20. The zero-order chi connectivity index (χ0) is 11.0. The Morgan fingerprint density at radius 1 is 1.56 bits per heavy atom. The zero-order valence-corrected chi connectivity index (χ0v) is 9.48. The number of nitrogens with one attached hydrogen (secondary N) is 1. The lowest BCUT2D eigenvalue weighted by atomic mass is 10.1. The average molecular weight is 216 g/mol. The highest BCUT2D eigenvalue weighted by Gasteiger charge is 2.16. The lowest BCUT2D eigenvalue weighted by Gasteiger charge is -2.06. The van der Waals surface area contributed by atoms with Gasteiger partial charge in [0.2, 0.25) is 0 Å². The van der Waals surface area contributed by atoms with Crippen molar-refractivity contribution in [3.63, 3.8) is 0 Å². The monoisotopic (exact) mass is 216 g/mol. The number of aryl methyl sites for hydroxylation is 1. The van der Waals surface area contributed by atoms with E-state index in [1.807, 2.05) is 16.8 Å². The van der Waals surface area contributed by atoms with Crippen molar-refractivity contribution in [2.75, 3.05) is 6.54 Å². The fourth-order valence-corrected chi connectivity index (χ4v) is 2.35. The summed E-state index contributed by atoms with van der Waals surface area (Å²) in [5, 5.41) is 8.08. The molecule has 0 aromatic carbocycles. The molecule has 1 unspecified atom stereocenters. The zero-order valence-electron chi connectivity index (χ0n) is 9.48. The van der Waals surface area contributed by atoms with Crippen LogP contribution < -0.4 is 5.32 Å². The van der Waals surface area contributed by atoms with Crippen molar-refractivity contribution < 1.29 is 0 Å². The Morgan fingerprint density at radius 2 is 2.50 bits per heavy atom. The molecule has 1 atom stereocenters. The molecule has 0 spiro atoms. The van der Waals surface area contributed by atoms with Crippen molar-refractivity contribution in [1.29, 1.82) is 0 Å². The average Bonchev–Trinajstić information content (AvgIpc) is 2.88. The summed E-state index contributed by atoms with van der Waals surface area (Å²) in [5.41, 5.74) is 3.23. The maximum atomic E-state index is 4.59. The second-order valence-electron chi connectivity index (χ2n) is 4.49. The van der Waals surface area contributed by atoms with Crippen molar-refractivity contribution in [1.82, 2.24) is 19.9 Å². The van der Waals surface area contributed by atoms with Crippen molar-refractivity contribution in [3.8, 4) is 0 Å². The Labute approximate surface area is 94.7 Å². The van der Waals surface area contributed by atoms with Gasteiger partial charge in [0.25, 0.3) is 0 Å². The SMILES string of the molecule is Cc1ccnc2cc(CC3CCCN3)nn12. The maximum absolute atomic E-state index is 4.59. The molecule has 1 aliphatic rings. The Hall–Kier alpha value is -1.42. The third kappa shape index (κ3) is 1.69. The van der Waals surface area contributed by atoms with Crippen LogP contribution in [0.15, 0.2) is 18.3 Å². The summed E-state index contributed by atoms with van der Waals surface area (Å²) in [4.78, 5) is 4.32. The van der Waals surface area contributed by atoms with Crippen LogP contribution in [0.4, 0.5) is 0 Å². The van der Waals surface area contributed by atoms with Crippen LogP contribution in [0, 0.1) is 6.92 Å². The molecule has 1 aliphatic heterocycles. The number of hydrogen-bond donors (Lipinski definition) is 1. The molecule has 0 aliphatic carbocycles. The molecular formula is C12H16N4. The van der Waals surface area contributed by atoms with E-state index in [2.05, 4.69) is 28.4 Å². The number of aromatic nitrogens is 3. The maximum Gasteiger partial charge on any atom is 0.155 e. The van der Waals surface area contributed by atoms with E-state index in [0.29, 0.717) is 6.04 Å². The standard InChI is InChI=1S/C12H16N4/c1-9-4-6-14-12-8-11(15-16(9)12)7-10-3-2-5-13-10/h4,6,8,10,13H,2-3,5,7H2,1H3. The second-order valence-corrected chi connectivity index (χ2v) is 4.49. The topological polar surface area (TPSA) is 42.2 Å². The number of hydrogen-bond acceptors (Lipinski definition) is 3. The Morgan fingerprint density at radius 3 is 3.25 bits per heavy atom. The molecule has 4 nitrogen and oxygen atoms in total. The van der Waals surface area contributed by atoms with Crippen LogP contribution >= 0.6 is 0 Å². The normalized spacial score (nSPS) is 20.7. The fraction of sp³-hybridized carbons (Fsp3) is 0.500. The molecule has 4 heteroatoms. The Bertz CT molecular complexity index is 497. The molecule has 1 N–H and O–H groups in total. The first-order chi connectivity index (χ1) is 7.83. The molecule has 1 fully saturated rings. The largest absolute Gasteiger partial charge is 0.314 e. The third-order valence-electron chi connectivity index (χ3n) is 3.22. The summed E-state index contributed by atoms with van der Waals surface area (Å²) in [6.07, 6.45) is 5.41. The van der Waals surface area contributed by atoms with E-state index in [4.69, 9.17) is 0 Å². The van der Waals surface area contributed by atoms with Gasteiger partial charge in [0.15, 0.2) is 5.65 Å². The lowest BCUT2D eigenvalue weighted by molar-refractivity contribution is 0.592. The fourth-order valence-electron chi connectivity index (χ4n) is 2.35. The van der Waals surface area contributed by atoms with E-state index in [0.717, 1.165) is 30.0 Å². The molecule has 16 heavy (non-hydrogen) atoms. The van der Waals surface area contributed by atoms with Crippen LogP contribution in [-0.2, 0) is 6.42 Å². The van der Waals surface area contributed by atoms with E-state index in [1.54, 1.807) is 0 Å². The van der Waals surface area contributed by atoms with Crippen molar-refractivity contribution in [2.45, 2.75) is 32.2 Å². The molecule has 0 saturated carbocycles. The Balaban J connectivity index is 1.90.